The summed E-state index contributed by atoms with van der Waals surface area (Å²) in [6.07, 6.45) is 2.40. The van der Waals surface area contributed by atoms with E-state index in [1.165, 1.54) is 11.3 Å². The summed E-state index contributed by atoms with van der Waals surface area (Å²) in [5.41, 5.74) is 7.56. The summed E-state index contributed by atoms with van der Waals surface area (Å²) in [6, 6.07) is 35.4. The molecular weight excluding hydrogens is 632 g/mol. The Morgan fingerprint density at radius 1 is 0.800 bits per heavy atom. The van der Waals surface area contributed by atoms with E-state index in [1.54, 1.807) is 6.20 Å². The lowest BCUT2D eigenvalue weighted by Crippen LogP contribution is -2.56. The first-order valence-electron chi connectivity index (χ1n) is 16.5. The molecule has 0 saturated heterocycles. The molecule has 0 aliphatic rings. The van der Waals surface area contributed by atoms with Gasteiger partial charge in [-0.3, -0.25) is 14.6 Å². The van der Waals surface area contributed by atoms with Crippen LogP contribution in [0.4, 0.5) is 4.79 Å². The van der Waals surface area contributed by atoms with Gasteiger partial charge in [-0.2, -0.15) is 0 Å². The summed E-state index contributed by atoms with van der Waals surface area (Å²) in [4.78, 5) is 47.4. The van der Waals surface area contributed by atoms with Crippen molar-refractivity contribution in [2.45, 2.75) is 45.1 Å². The maximum absolute atomic E-state index is 14.1. The van der Waals surface area contributed by atoms with Gasteiger partial charge < -0.3 is 25.1 Å². The summed E-state index contributed by atoms with van der Waals surface area (Å²) in [5.74, 6) is -0.111. The SMILES string of the molecule is CC(CNC(=O)CN(NCc1ccc(OCc2ccccc2)cc1)C(=O)[C@H](Cc1cnc[nH]1)NC(=O)OCc1ccccc1)c1ccccc1. The van der Waals surface area contributed by atoms with Gasteiger partial charge in [-0.1, -0.05) is 110 Å². The zero-order valence-corrected chi connectivity index (χ0v) is 28.0. The van der Waals surface area contributed by atoms with Crippen molar-refractivity contribution < 1.29 is 23.9 Å². The first-order chi connectivity index (χ1) is 24.4. The second-order valence-electron chi connectivity index (χ2n) is 11.8. The number of alkyl carbamates (subject to hydrolysis) is 1. The van der Waals surface area contributed by atoms with Crippen molar-refractivity contribution in [2.24, 2.45) is 0 Å². The molecule has 0 saturated carbocycles. The highest BCUT2D eigenvalue weighted by Gasteiger charge is 2.29. The molecule has 0 fully saturated rings. The van der Waals surface area contributed by atoms with Crippen LogP contribution in [0.2, 0.25) is 0 Å². The Morgan fingerprint density at radius 3 is 2.08 bits per heavy atom. The quantitative estimate of drug-likeness (QED) is 0.0986. The standard InChI is InChI=1S/C39H42N6O5/c1-29(33-15-9-4-10-16-33)22-41-37(46)25-45(43-23-30-17-19-35(20-18-30)49-26-31-11-5-2-6-12-31)38(47)36(21-34-24-40-28-42-34)44-39(48)50-27-32-13-7-3-8-14-32/h2-20,24,28-29,36,43H,21-23,25-27H2,1H3,(H,40,42)(H,41,46)(H,44,48)/t29?,36-/m0/s1. The highest BCUT2D eigenvalue weighted by molar-refractivity contribution is 5.89. The molecule has 1 heterocycles. The van der Waals surface area contributed by atoms with Gasteiger partial charge in [-0.15, -0.1) is 0 Å². The average molecular weight is 675 g/mol. The fourth-order valence-electron chi connectivity index (χ4n) is 5.12. The summed E-state index contributed by atoms with van der Waals surface area (Å²) in [7, 11) is 0. The predicted molar refractivity (Wildman–Crippen MR) is 189 cm³/mol. The van der Waals surface area contributed by atoms with Gasteiger partial charge in [0, 0.05) is 31.4 Å². The van der Waals surface area contributed by atoms with Crippen molar-refractivity contribution in [1.82, 2.24) is 31.0 Å². The fraction of sp³-hybridized carbons (Fsp3) is 0.231. The molecule has 11 nitrogen and oxygen atoms in total. The molecule has 0 aliphatic heterocycles. The molecule has 4 N–H and O–H groups in total. The number of ether oxygens (including phenoxy) is 2. The number of carbonyl (C=O) groups is 3. The summed E-state index contributed by atoms with van der Waals surface area (Å²) in [5, 5.41) is 6.88. The lowest BCUT2D eigenvalue weighted by Gasteiger charge is -2.28. The number of carbonyl (C=O) groups excluding carboxylic acids is 3. The van der Waals surface area contributed by atoms with Crippen LogP contribution in [0.25, 0.3) is 0 Å². The number of H-pyrrole nitrogens is 1. The smallest absolute Gasteiger partial charge is 0.408 e. The van der Waals surface area contributed by atoms with Crippen LogP contribution in [0.15, 0.2) is 128 Å². The maximum atomic E-state index is 14.1. The Morgan fingerprint density at radius 2 is 1.44 bits per heavy atom. The third kappa shape index (κ3) is 11.3. The summed E-state index contributed by atoms with van der Waals surface area (Å²) in [6.45, 7) is 2.82. The number of nitrogens with one attached hydrogen (secondary N) is 4. The molecule has 1 aromatic heterocycles. The highest BCUT2D eigenvalue weighted by atomic mass is 16.5. The second-order valence-corrected chi connectivity index (χ2v) is 11.8. The largest absolute Gasteiger partial charge is 0.489 e. The lowest BCUT2D eigenvalue weighted by molar-refractivity contribution is -0.141. The number of rotatable bonds is 17. The van der Waals surface area contributed by atoms with E-state index in [-0.39, 0.29) is 37.9 Å². The van der Waals surface area contributed by atoms with Gasteiger partial charge in [0.15, 0.2) is 0 Å². The van der Waals surface area contributed by atoms with E-state index in [9.17, 15) is 14.4 Å². The van der Waals surface area contributed by atoms with E-state index in [1.807, 2.05) is 122 Å². The lowest BCUT2D eigenvalue weighted by atomic mass is 10.0. The molecule has 3 amide bonds. The van der Waals surface area contributed by atoms with Crippen molar-refractivity contribution >= 4 is 17.9 Å². The summed E-state index contributed by atoms with van der Waals surface area (Å²) < 4.78 is 11.3. The third-order valence-electron chi connectivity index (χ3n) is 7.97. The van der Waals surface area contributed by atoms with Crippen LogP contribution in [0, 0.1) is 0 Å². The number of benzene rings is 4. The minimum absolute atomic E-state index is 0.0344. The normalized spacial score (nSPS) is 11.9. The number of nitrogens with zero attached hydrogens (tertiary/aromatic N) is 2. The molecule has 5 rings (SSSR count). The van der Waals surface area contributed by atoms with Crippen molar-refractivity contribution in [3.05, 3.63) is 156 Å². The van der Waals surface area contributed by atoms with Gasteiger partial charge in [0.25, 0.3) is 5.91 Å². The van der Waals surface area contributed by atoms with E-state index in [4.69, 9.17) is 9.47 Å². The molecule has 1 unspecified atom stereocenters. The van der Waals surface area contributed by atoms with E-state index in [0.717, 1.165) is 22.3 Å². The van der Waals surface area contributed by atoms with Gasteiger partial charge in [-0.05, 0) is 40.3 Å². The first-order valence-corrected chi connectivity index (χ1v) is 16.5. The van der Waals surface area contributed by atoms with Crippen molar-refractivity contribution in [3.8, 4) is 5.75 Å². The number of hydrogen-bond donors (Lipinski definition) is 4. The topological polar surface area (TPSA) is 138 Å². The molecule has 0 radical (unpaired) electrons. The molecule has 2 atom stereocenters. The molecule has 0 spiro atoms. The first kappa shape index (κ1) is 35.4. The van der Waals surface area contributed by atoms with Gasteiger partial charge in [-0.25, -0.2) is 15.2 Å². The van der Waals surface area contributed by atoms with Crippen LogP contribution < -0.4 is 20.8 Å². The van der Waals surface area contributed by atoms with Gasteiger partial charge in [0.2, 0.25) is 5.91 Å². The van der Waals surface area contributed by atoms with E-state index in [0.29, 0.717) is 24.6 Å². The predicted octanol–water partition coefficient (Wildman–Crippen LogP) is 5.28. The molecule has 0 aliphatic carbocycles. The van der Waals surface area contributed by atoms with Crippen molar-refractivity contribution in [2.75, 3.05) is 13.1 Å². The average Bonchev–Trinajstić information content (AvgIpc) is 3.68. The maximum Gasteiger partial charge on any atom is 0.408 e. The van der Waals surface area contributed by atoms with Crippen LogP contribution >= 0.6 is 0 Å². The van der Waals surface area contributed by atoms with Crippen LogP contribution in [-0.4, -0.2) is 52.0 Å². The molecule has 258 valence electrons. The number of aromatic amines is 1. The van der Waals surface area contributed by atoms with E-state index >= 15 is 0 Å². The van der Waals surface area contributed by atoms with Crippen LogP contribution in [-0.2, 0) is 40.5 Å². The fourth-order valence-corrected chi connectivity index (χ4v) is 5.12. The Bertz CT molecular complexity index is 1750. The molecule has 0 bridgehead atoms. The molecular formula is C39H42N6O5. The Balaban J connectivity index is 1.26. The monoisotopic (exact) mass is 674 g/mol. The number of hydrazine groups is 1. The third-order valence-corrected chi connectivity index (χ3v) is 7.97. The van der Waals surface area contributed by atoms with Gasteiger partial charge in [0.05, 0.1) is 6.33 Å². The Hall–Kier alpha value is -5.94. The molecule has 50 heavy (non-hydrogen) atoms. The van der Waals surface area contributed by atoms with Crippen LogP contribution in [0.1, 0.15) is 40.8 Å². The van der Waals surface area contributed by atoms with Crippen LogP contribution in [0.3, 0.4) is 0 Å². The summed E-state index contributed by atoms with van der Waals surface area (Å²) >= 11 is 0. The van der Waals surface area contributed by atoms with Gasteiger partial charge >= 0.3 is 6.09 Å². The number of amides is 3. The number of aromatic nitrogens is 2. The molecule has 5 aromatic rings. The number of imidazole rings is 1. The Labute approximate surface area is 292 Å². The zero-order chi connectivity index (χ0) is 35.0. The number of hydrogen-bond acceptors (Lipinski definition) is 7. The molecule has 4 aromatic carbocycles. The van der Waals surface area contributed by atoms with Crippen molar-refractivity contribution in [1.29, 1.82) is 0 Å². The van der Waals surface area contributed by atoms with E-state index < -0.39 is 18.0 Å². The van der Waals surface area contributed by atoms with E-state index in [2.05, 4.69) is 26.0 Å². The van der Waals surface area contributed by atoms with Crippen molar-refractivity contribution in [3.63, 3.8) is 0 Å². The second kappa shape index (κ2) is 18.6. The minimum atomic E-state index is -1.07. The highest BCUT2D eigenvalue weighted by Crippen LogP contribution is 2.15. The van der Waals surface area contributed by atoms with Gasteiger partial charge in [0.1, 0.15) is 31.5 Å². The van der Waals surface area contributed by atoms with Crippen LogP contribution in [0.5, 0.6) is 5.75 Å². The zero-order valence-electron chi connectivity index (χ0n) is 28.0. The minimum Gasteiger partial charge on any atom is -0.489 e. The molecule has 11 heteroatoms. The Kier molecular flexibility index (Phi) is 13.1.